The molecule has 0 spiro atoms. The van der Waals surface area contributed by atoms with E-state index in [0.29, 0.717) is 6.04 Å². The highest BCUT2D eigenvalue weighted by Crippen LogP contribution is 2.34. The Bertz CT molecular complexity index is 748. The molecule has 2 aromatic heterocycles. The molecule has 4 heteroatoms. The first-order valence-corrected chi connectivity index (χ1v) is 8.43. The van der Waals surface area contributed by atoms with Crippen molar-refractivity contribution in [2.24, 2.45) is 0 Å². The van der Waals surface area contributed by atoms with Crippen LogP contribution >= 0.6 is 11.3 Å². The predicted octanol–water partition coefficient (Wildman–Crippen LogP) is 4.68. The third-order valence-electron chi connectivity index (χ3n) is 4.30. The Labute approximate surface area is 128 Å². The van der Waals surface area contributed by atoms with E-state index in [-0.39, 0.29) is 0 Å². The van der Waals surface area contributed by atoms with Gasteiger partial charge in [0, 0.05) is 20.8 Å². The number of fused-ring (bicyclic) bond motifs is 2. The summed E-state index contributed by atoms with van der Waals surface area (Å²) in [6.45, 7) is 2.25. The predicted molar refractivity (Wildman–Crippen MR) is 89.1 cm³/mol. The fraction of sp³-hybridized carbons (Fsp3) is 0.353. The number of benzene rings is 1. The van der Waals surface area contributed by atoms with Gasteiger partial charge in [-0.15, -0.1) is 11.3 Å². The number of thiophene rings is 1. The molecule has 0 saturated heterocycles. The van der Waals surface area contributed by atoms with Crippen LogP contribution in [-0.4, -0.2) is 10.2 Å². The van der Waals surface area contributed by atoms with E-state index in [4.69, 9.17) is 0 Å². The normalized spacial score (nSPS) is 15.9. The third-order valence-corrected chi connectivity index (χ3v) is 5.72. The second-order valence-electron chi connectivity index (χ2n) is 5.81. The van der Waals surface area contributed by atoms with E-state index in [1.807, 2.05) is 17.5 Å². The number of anilines is 1. The van der Waals surface area contributed by atoms with Gasteiger partial charge in [-0.25, -0.2) is 0 Å². The number of aromatic amines is 1. The van der Waals surface area contributed by atoms with E-state index in [1.165, 1.54) is 30.6 Å². The number of nitrogens with one attached hydrogen (secondary N) is 2. The lowest BCUT2D eigenvalue weighted by atomic mass is 9.99. The molecule has 0 aliphatic heterocycles. The molecule has 21 heavy (non-hydrogen) atoms. The van der Waals surface area contributed by atoms with Crippen molar-refractivity contribution in [3.63, 3.8) is 0 Å². The third kappa shape index (κ3) is 2.33. The van der Waals surface area contributed by atoms with E-state index >= 15 is 0 Å². The Hall–Kier alpha value is -1.81. The van der Waals surface area contributed by atoms with Gasteiger partial charge in [0.05, 0.1) is 17.8 Å². The van der Waals surface area contributed by atoms with Crippen LogP contribution < -0.4 is 5.32 Å². The second kappa shape index (κ2) is 5.19. The topological polar surface area (TPSA) is 40.7 Å². The molecular weight excluding hydrogens is 278 g/mol. The van der Waals surface area contributed by atoms with E-state index in [2.05, 4.69) is 46.7 Å². The quantitative estimate of drug-likeness (QED) is 0.737. The Morgan fingerprint density at radius 3 is 3.10 bits per heavy atom. The zero-order valence-corrected chi connectivity index (χ0v) is 13.0. The summed E-state index contributed by atoms with van der Waals surface area (Å²) in [5, 5.41) is 12.0. The van der Waals surface area contributed by atoms with Crippen LogP contribution in [0, 0.1) is 0 Å². The maximum absolute atomic E-state index is 4.13. The Balaban J connectivity index is 1.61. The Morgan fingerprint density at radius 1 is 1.29 bits per heavy atom. The molecule has 0 radical (unpaired) electrons. The average molecular weight is 297 g/mol. The van der Waals surface area contributed by atoms with Crippen LogP contribution in [0.2, 0.25) is 0 Å². The molecule has 1 atom stereocenters. The van der Waals surface area contributed by atoms with E-state index in [1.54, 1.807) is 10.4 Å². The molecule has 3 aromatic rings. The summed E-state index contributed by atoms with van der Waals surface area (Å²) < 4.78 is 0. The van der Waals surface area contributed by atoms with E-state index in [0.717, 1.165) is 16.6 Å². The standard InChI is InChI=1S/C17H19N3S/c1-11(17-9-12-5-2-3-8-16(12)21-17)19-14-6-4-7-15-13(14)10-18-20-15/h4,6-7,9-11,19H,2-3,5,8H2,1H3,(H,18,20). The van der Waals surface area contributed by atoms with Gasteiger partial charge in [0.2, 0.25) is 0 Å². The molecule has 4 rings (SSSR count). The first-order chi connectivity index (χ1) is 10.3. The van der Waals surface area contributed by atoms with Gasteiger partial charge in [0.15, 0.2) is 0 Å². The number of aromatic nitrogens is 2. The molecule has 2 heterocycles. The molecule has 0 saturated carbocycles. The Morgan fingerprint density at radius 2 is 2.19 bits per heavy atom. The van der Waals surface area contributed by atoms with Gasteiger partial charge in [-0.2, -0.15) is 5.10 Å². The number of rotatable bonds is 3. The van der Waals surface area contributed by atoms with Crippen molar-refractivity contribution in [2.45, 2.75) is 38.6 Å². The summed E-state index contributed by atoms with van der Waals surface area (Å²) in [7, 11) is 0. The van der Waals surface area contributed by atoms with E-state index in [9.17, 15) is 0 Å². The van der Waals surface area contributed by atoms with Gasteiger partial charge in [0.1, 0.15) is 0 Å². The average Bonchev–Trinajstić information content (AvgIpc) is 3.14. The molecule has 0 amide bonds. The minimum absolute atomic E-state index is 0.334. The number of nitrogens with zero attached hydrogens (tertiary/aromatic N) is 1. The molecule has 0 bridgehead atoms. The van der Waals surface area contributed by atoms with Crippen LogP contribution in [0.5, 0.6) is 0 Å². The first kappa shape index (κ1) is 12.9. The summed E-state index contributed by atoms with van der Waals surface area (Å²) in [4.78, 5) is 3.05. The van der Waals surface area contributed by atoms with Crippen molar-refractivity contribution in [1.82, 2.24) is 10.2 Å². The number of aryl methyl sites for hydroxylation is 2. The summed E-state index contributed by atoms with van der Waals surface area (Å²) in [5.74, 6) is 0. The van der Waals surface area contributed by atoms with Crippen LogP contribution in [0.25, 0.3) is 10.9 Å². The maximum Gasteiger partial charge on any atom is 0.0671 e. The second-order valence-corrected chi connectivity index (χ2v) is 6.98. The van der Waals surface area contributed by atoms with Crippen LogP contribution in [0.1, 0.15) is 41.1 Å². The van der Waals surface area contributed by atoms with Gasteiger partial charge in [-0.05, 0) is 56.4 Å². The molecular formula is C17H19N3S. The molecule has 3 nitrogen and oxygen atoms in total. The van der Waals surface area contributed by atoms with Crippen molar-refractivity contribution in [1.29, 1.82) is 0 Å². The van der Waals surface area contributed by atoms with Crippen molar-refractivity contribution < 1.29 is 0 Å². The minimum Gasteiger partial charge on any atom is -0.377 e. The summed E-state index contributed by atoms with van der Waals surface area (Å²) in [6.07, 6.45) is 7.12. The molecule has 1 aliphatic carbocycles. The van der Waals surface area contributed by atoms with Gasteiger partial charge in [0.25, 0.3) is 0 Å². The molecule has 0 fully saturated rings. The highest BCUT2D eigenvalue weighted by atomic mass is 32.1. The minimum atomic E-state index is 0.334. The summed E-state index contributed by atoms with van der Waals surface area (Å²) in [5.41, 5.74) is 3.81. The smallest absolute Gasteiger partial charge is 0.0671 e. The van der Waals surface area contributed by atoms with Crippen LogP contribution in [-0.2, 0) is 12.8 Å². The van der Waals surface area contributed by atoms with Gasteiger partial charge < -0.3 is 5.32 Å². The van der Waals surface area contributed by atoms with Crippen LogP contribution in [0.4, 0.5) is 5.69 Å². The van der Waals surface area contributed by atoms with Crippen molar-refractivity contribution >= 4 is 27.9 Å². The van der Waals surface area contributed by atoms with E-state index < -0.39 is 0 Å². The SMILES string of the molecule is CC(Nc1cccc2[nH]ncc12)c1cc2c(s1)CCCC2. The number of H-pyrrole nitrogens is 1. The summed E-state index contributed by atoms with van der Waals surface area (Å²) in [6, 6.07) is 8.99. The molecule has 2 N–H and O–H groups in total. The lowest BCUT2D eigenvalue weighted by molar-refractivity contribution is 0.696. The zero-order chi connectivity index (χ0) is 14.2. The monoisotopic (exact) mass is 297 g/mol. The van der Waals surface area contributed by atoms with Gasteiger partial charge in [-0.1, -0.05) is 6.07 Å². The fourth-order valence-corrected chi connectivity index (χ4v) is 4.39. The Kier molecular flexibility index (Phi) is 3.19. The maximum atomic E-state index is 4.13. The van der Waals surface area contributed by atoms with Crippen molar-refractivity contribution in [2.75, 3.05) is 5.32 Å². The largest absolute Gasteiger partial charge is 0.377 e. The van der Waals surface area contributed by atoms with Crippen molar-refractivity contribution in [3.8, 4) is 0 Å². The van der Waals surface area contributed by atoms with Crippen LogP contribution in [0.3, 0.4) is 0 Å². The first-order valence-electron chi connectivity index (χ1n) is 7.61. The molecule has 1 aromatic carbocycles. The fourth-order valence-electron chi connectivity index (χ4n) is 3.13. The summed E-state index contributed by atoms with van der Waals surface area (Å²) >= 11 is 1.98. The molecule has 1 aliphatic rings. The van der Waals surface area contributed by atoms with Gasteiger partial charge >= 0.3 is 0 Å². The van der Waals surface area contributed by atoms with Crippen LogP contribution in [0.15, 0.2) is 30.5 Å². The van der Waals surface area contributed by atoms with Crippen molar-refractivity contribution in [3.05, 3.63) is 45.8 Å². The highest BCUT2D eigenvalue weighted by molar-refractivity contribution is 7.12. The molecule has 1 unspecified atom stereocenters. The van der Waals surface area contributed by atoms with Gasteiger partial charge in [-0.3, -0.25) is 5.10 Å². The number of hydrogen-bond acceptors (Lipinski definition) is 3. The lowest BCUT2D eigenvalue weighted by Crippen LogP contribution is -2.04. The molecule has 108 valence electrons. The number of hydrogen-bond donors (Lipinski definition) is 2. The highest BCUT2D eigenvalue weighted by Gasteiger charge is 2.17. The lowest BCUT2D eigenvalue weighted by Gasteiger charge is -2.14. The zero-order valence-electron chi connectivity index (χ0n) is 12.1.